The van der Waals surface area contributed by atoms with Crippen molar-refractivity contribution in [2.24, 2.45) is 11.8 Å². The van der Waals surface area contributed by atoms with Crippen LogP contribution in [0.25, 0.3) is 0 Å². The summed E-state index contributed by atoms with van der Waals surface area (Å²) in [6.45, 7) is 3.32. The number of allylic oxidation sites excluding steroid dienone is 5. The standard InChI is InChI=1S/C33H55O10P/c1-3-5-7-8-9-10-15-19-32(36)41-25-29(26-42-44(38,39)40)43-33(37)20-16-12-11-14-17-27-21-24-31(35)30(27)23-22-28(34)18-13-6-4-2/h11,14,21-24,27-30,34H,3-10,12-13,15-20,25-26H2,1-2H3,(H2,38,39,40)/b14-11-,23-22+/t27-,28-,29+,30+/m0/s1. The highest BCUT2D eigenvalue weighted by atomic mass is 31.2. The van der Waals surface area contributed by atoms with Crippen LogP contribution in [-0.4, -0.2) is 58.0 Å². The SMILES string of the molecule is CCCCCCCCCC(=O)OC[C@H](COP(=O)(O)O)OC(=O)CCC/C=C\C[C@H]1C=CC(=O)[C@@H]1/C=C/[C@@H](O)CCCCC. The van der Waals surface area contributed by atoms with Crippen LogP contribution < -0.4 is 0 Å². The van der Waals surface area contributed by atoms with Crippen molar-refractivity contribution in [3.63, 3.8) is 0 Å². The molecule has 0 radical (unpaired) electrons. The van der Waals surface area contributed by atoms with Crippen LogP contribution in [0.4, 0.5) is 0 Å². The fourth-order valence-corrected chi connectivity index (χ4v) is 5.19. The van der Waals surface area contributed by atoms with Crippen molar-refractivity contribution < 1.29 is 47.8 Å². The molecule has 0 aliphatic heterocycles. The minimum Gasteiger partial charge on any atom is -0.462 e. The summed E-state index contributed by atoms with van der Waals surface area (Å²) < 4.78 is 26.1. The Kier molecular flexibility index (Phi) is 21.9. The molecular weight excluding hydrogens is 587 g/mol. The maximum atomic E-state index is 12.4. The van der Waals surface area contributed by atoms with E-state index in [1.807, 2.05) is 24.3 Å². The van der Waals surface area contributed by atoms with Crippen LogP contribution in [0.5, 0.6) is 0 Å². The summed E-state index contributed by atoms with van der Waals surface area (Å²) in [6, 6.07) is 0. The van der Waals surface area contributed by atoms with E-state index in [4.69, 9.17) is 19.3 Å². The predicted octanol–water partition coefficient (Wildman–Crippen LogP) is 6.68. The lowest BCUT2D eigenvalue weighted by molar-refractivity contribution is -0.161. The molecule has 1 aliphatic rings. The van der Waals surface area contributed by atoms with Crippen LogP contribution in [0.2, 0.25) is 0 Å². The Morgan fingerprint density at radius 1 is 0.909 bits per heavy atom. The molecule has 0 saturated carbocycles. The molecule has 0 bridgehead atoms. The predicted molar refractivity (Wildman–Crippen MR) is 169 cm³/mol. The van der Waals surface area contributed by atoms with Crippen LogP contribution in [0.1, 0.15) is 117 Å². The van der Waals surface area contributed by atoms with Crippen molar-refractivity contribution >= 4 is 25.5 Å². The molecule has 0 spiro atoms. The Morgan fingerprint density at radius 3 is 2.27 bits per heavy atom. The summed E-state index contributed by atoms with van der Waals surface area (Å²) in [5.41, 5.74) is 0. The molecule has 0 saturated heterocycles. The van der Waals surface area contributed by atoms with Gasteiger partial charge < -0.3 is 24.4 Å². The first-order chi connectivity index (χ1) is 21.1. The van der Waals surface area contributed by atoms with Crippen molar-refractivity contribution in [2.75, 3.05) is 13.2 Å². The molecule has 0 fully saturated rings. The number of rotatable bonds is 26. The Labute approximate surface area is 263 Å². The zero-order valence-electron chi connectivity index (χ0n) is 26.6. The van der Waals surface area contributed by atoms with Crippen molar-refractivity contribution in [3.8, 4) is 0 Å². The van der Waals surface area contributed by atoms with E-state index < -0.39 is 38.6 Å². The zero-order valence-corrected chi connectivity index (χ0v) is 27.5. The molecule has 252 valence electrons. The smallest absolute Gasteiger partial charge is 0.462 e. The third-order valence-corrected chi connectivity index (χ3v) is 7.89. The van der Waals surface area contributed by atoms with Crippen molar-refractivity contribution in [1.29, 1.82) is 0 Å². The van der Waals surface area contributed by atoms with Gasteiger partial charge in [-0.1, -0.05) is 102 Å². The van der Waals surface area contributed by atoms with Crippen LogP contribution in [0.15, 0.2) is 36.5 Å². The van der Waals surface area contributed by atoms with Crippen molar-refractivity contribution in [1.82, 2.24) is 0 Å². The van der Waals surface area contributed by atoms with Gasteiger partial charge in [-0.3, -0.25) is 18.9 Å². The number of carbonyl (C=O) groups is 3. The number of aliphatic hydroxyl groups is 1. The lowest BCUT2D eigenvalue weighted by Crippen LogP contribution is -2.29. The maximum Gasteiger partial charge on any atom is 0.469 e. The van der Waals surface area contributed by atoms with E-state index >= 15 is 0 Å². The van der Waals surface area contributed by atoms with Crippen molar-refractivity contribution in [2.45, 2.75) is 129 Å². The molecule has 11 heteroatoms. The van der Waals surface area contributed by atoms with Crippen LogP contribution in [0, 0.1) is 11.8 Å². The Hall–Kier alpha value is -2.10. The van der Waals surface area contributed by atoms with E-state index in [0.717, 1.165) is 38.5 Å². The highest BCUT2D eigenvalue weighted by Gasteiger charge is 2.27. The molecule has 10 nitrogen and oxygen atoms in total. The number of hydrogen-bond donors (Lipinski definition) is 3. The first kappa shape index (κ1) is 39.9. The summed E-state index contributed by atoms with van der Waals surface area (Å²) in [5, 5.41) is 10.1. The lowest BCUT2D eigenvalue weighted by atomic mass is 9.90. The second kappa shape index (κ2) is 24.2. The van der Waals surface area contributed by atoms with Gasteiger partial charge in [0.1, 0.15) is 6.61 Å². The summed E-state index contributed by atoms with van der Waals surface area (Å²) in [7, 11) is -4.79. The van der Waals surface area contributed by atoms with Gasteiger partial charge in [-0.25, -0.2) is 4.57 Å². The van der Waals surface area contributed by atoms with E-state index in [9.17, 15) is 24.1 Å². The lowest BCUT2D eigenvalue weighted by Gasteiger charge is -2.18. The second-order valence-corrected chi connectivity index (χ2v) is 12.7. The average Bonchev–Trinajstić information content (AvgIpc) is 3.33. The number of phosphoric ester groups is 1. The Balaban J connectivity index is 2.39. The topological polar surface area (TPSA) is 157 Å². The monoisotopic (exact) mass is 642 g/mol. The van der Waals surface area contributed by atoms with Gasteiger partial charge in [0.2, 0.25) is 0 Å². The summed E-state index contributed by atoms with van der Waals surface area (Å²) >= 11 is 0. The highest BCUT2D eigenvalue weighted by molar-refractivity contribution is 7.46. The molecule has 0 aromatic heterocycles. The molecule has 0 aromatic rings. The molecule has 0 aromatic carbocycles. The molecule has 3 N–H and O–H groups in total. The van der Waals surface area contributed by atoms with E-state index in [0.29, 0.717) is 32.1 Å². The fourth-order valence-electron chi connectivity index (χ4n) is 4.83. The van der Waals surface area contributed by atoms with Crippen LogP contribution in [-0.2, 0) is 32.9 Å². The van der Waals surface area contributed by atoms with Gasteiger partial charge in [-0.2, -0.15) is 0 Å². The zero-order chi connectivity index (χ0) is 32.6. The fraction of sp³-hybridized carbons (Fsp3) is 0.727. The molecule has 4 atom stereocenters. The summed E-state index contributed by atoms with van der Waals surface area (Å²) in [5.74, 6) is -1.28. The van der Waals surface area contributed by atoms with Gasteiger partial charge in [0.05, 0.1) is 12.7 Å². The van der Waals surface area contributed by atoms with E-state index in [2.05, 4.69) is 18.4 Å². The second-order valence-electron chi connectivity index (χ2n) is 11.5. The van der Waals surface area contributed by atoms with Gasteiger partial charge in [-0.05, 0) is 44.1 Å². The number of carbonyl (C=O) groups excluding carboxylic acids is 3. The third-order valence-electron chi connectivity index (χ3n) is 7.41. The maximum absolute atomic E-state index is 12.4. The first-order valence-corrected chi connectivity index (χ1v) is 17.9. The van der Waals surface area contributed by atoms with Gasteiger partial charge in [0.25, 0.3) is 0 Å². The summed E-state index contributed by atoms with van der Waals surface area (Å²) in [6.07, 6.45) is 22.4. The van der Waals surface area contributed by atoms with Crippen molar-refractivity contribution in [3.05, 3.63) is 36.5 Å². The molecule has 44 heavy (non-hydrogen) atoms. The van der Waals surface area contributed by atoms with E-state index in [-0.39, 0.29) is 37.1 Å². The molecular formula is C33H55O10P. The minimum absolute atomic E-state index is 0.0195. The number of unbranched alkanes of at least 4 members (excludes halogenated alkanes) is 9. The number of ether oxygens (including phenoxy) is 2. The number of phosphoric acid groups is 1. The van der Waals surface area contributed by atoms with E-state index in [1.54, 1.807) is 12.2 Å². The quantitative estimate of drug-likeness (QED) is 0.0403. The highest BCUT2D eigenvalue weighted by Crippen LogP contribution is 2.36. The largest absolute Gasteiger partial charge is 0.469 e. The average molecular weight is 643 g/mol. The minimum atomic E-state index is -4.79. The molecule has 1 rings (SSSR count). The normalized spacial score (nSPS) is 18.3. The van der Waals surface area contributed by atoms with E-state index in [1.165, 1.54) is 19.3 Å². The van der Waals surface area contributed by atoms with Gasteiger partial charge in [-0.15, -0.1) is 0 Å². The number of hydrogen-bond acceptors (Lipinski definition) is 8. The van der Waals surface area contributed by atoms with Crippen LogP contribution >= 0.6 is 7.82 Å². The van der Waals surface area contributed by atoms with Gasteiger partial charge in [0.15, 0.2) is 11.9 Å². The van der Waals surface area contributed by atoms with Gasteiger partial charge >= 0.3 is 19.8 Å². The third kappa shape index (κ3) is 20.8. The molecule has 0 heterocycles. The number of aliphatic hydroxyl groups excluding tert-OH is 1. The molecule has 1 aliphatic carbocycles. The Bertz CT molecular complexity index is 954. The Morgan fingerprint density at radius 2 is 1.57 bits per heavy atom. The molecule has 0 amide bonds. The van der Waals surface area contributed by atoms with Gasteiger partial charge in [0, 0.05) is 18.8 Å². The molecule has 0 unspecified atom stereocenters. The van der Waals surface area contributed by atoms with Crippen LogP contribution in [0.3, 0.4) is 0 Å². The number of esters is 2. The first-order valence-electron chi connectivity index (χ1n) is 16.3. The number of ketones is 1. The summed E-state index contributed by atoms with van der Waals surface area (Å²) in [4.78, 5) is 54.8.